The molecule has 3 nitrogen and oxygen atoms in total. The van der Waals surface area contributed by atoms with Crippen molar-refractivity contribution in [3.63, 3.8) is 0 Å². The summed E-state index contributed by atoms with van der Waals surface area (Å²) in [5.74, 6) is 0. The monoisotopic (exact) mass is 254 g/mol. The molecular formula is C13H26N2OSi. The highest BCUT2D eigenvalue weighted by atomic mass is 28.4. The normalized spacial score (nSPS) is 13.1. The Balaban J connectivity index is 2.32. The van der Waals surface area contributed by atoms with Crippen LogP contribution in [-0.4, -0.2) is 24.7 Å². The zero-order valence-corrected chi connectivity index (χ0v) is 13.1. The minimum absolute atomic E-state index is 0.305. The first-order valence-corrected chi connectivity index (χ1v) is 9.26. The SMILES string of the molecule is Cn1nccc1CCCO[Si](C)(C)C(C)(C)C. The molecule has 0 atom stereocenters. The van der Waals surface area contributed by atoms with Crippen LogP contribution in [0.4, 0.5) is 0 Å². The predicted molar refractivity (Wildman–Crippen MR) is 74.7 cm³/mol. The molecule has 1 rings (SSSR count). The van der Waals surface area contributed by atoms with Gasteiger partial charge >= 0.3 is 0 Å². The van der Waals surface area contributed by atoms with Crippen LogP contribution < -0.4 is 0 Å². The van der Waals surface area contributed by atoms with Gasteiger partial charge in [0.05, 0.1) is 0 Å². The minimum atomic E-state index is -1.56. The summed E-state index contributed by atoms with van der Waals surface area (Å²) in [6.07, 6.45) is 3.97. The Morgan fingerprint density at radius 1 is 1.35 bits per heavy atom. The molecule has 0 unspecified atom stereocenters. The number of aromatic nitrogens is 2. The molecule has 98 valence electrons. The zero-order chi connectivity index (χ0) is 13.1. The van der Waals surface area contributed by atoms with Crippen LogP contribution in [0, 0.1) is 0 Å². The topological polar surface area (TPSA) is 27.1 Å². The first kappa shape index (κ1) is 14.4. The molecule has 1 aromatic rings. The molecule has 0 spiro atoms. The van der Waals surface area contributed by atoms with Gasteiger partial charge in [0.1, 0.15) is 0 Å². The van der Waals surface area contributed by atoms with Crippen molar-refractivity contribution in [3.8, 4) is 0 Å². The highest BCUT2D eigenvalue weighted by molar-refractivity contribution is 6.74. The van der Waals surface area contributed by atoms with Crippen molar-refractivity contribution in [1.82, 2.24) is 9.78 Å². The Morgan fingerprint density at radius 2 is 2.00 bits per heavy atom. The van der Waals surface area contributed by atoms with E-state index in [0.717, 1.165) is 19.4 Å². The van der Waals surface area contributed by atoms with Gasteiger partial charge in [-0.05, 0) is 37.0 Å². The fourth-order valence-corrected chi connectivity index (χ4v) is 2.53. The molecule has 0 saturated heterocycles. The van der Waals surface area contributed by atoms with Gasteiger partial charge in [-0.25, -0.2) is 0 Å². The van der Waals surface area contributed by atoms with E-state index in [1.165, 1.54) is 5.69 Å². The summed E-state index contributed by atoms with van der Waals surface area (Å²) >= 11 is 0. The van der Waals surface area contributed by atoms with Crippen LogP contribution in [0.1, 0.15) is 32.9 Å². The second-order valence-electron chi connectivity index (χ2n) is 6.16. The van der Waals surface area contributed by atoms with E-state index in [4.69, 9.17) is 4.43 Å². The maximum absolute atomic E-state index is 6.14. The van der Waals surface area contributed by atoms with Crippen molar-refractivity contribution in [3.05, 3.63) is 18.0 Å². The number of hydrogen-bond donors (Lipinski definition) is 0. The number of rotatable bonds is 5. The molecular weight excluding hydrogens is 228 g/mol. The highest BCUT2D eigenvalue weighted by Crippen LogP contribution is 2.36. The molecule has 0 bridgehead atoms. The van der Waals surface area contributed by atoms with E-state index < -0.39 is 8.32 Å². The number of nitrogens with zero attached hydrogens (tertiary/aromatic N) is 2. The van der Waals surface area contributed by atoms with Crippen LogP contribution in [0.3, 0.4) is 0 Å². The van der Waals surface area contributed by atoms with E-state index in [2.05, 4.69) is 45.0 Å². The Labute approximate surface area is 106 Å². The largest absolute Gasteiger partial charge is 0.417 e. The molecule has 0 aliphatic carbocycles. The summed E-state index contributed by atoms with van der Waals surface area (Å²) in [6.45, 7) is 12.3. The van der Waals surface area contributed by atoms with Crippen molar-refractivity contribution in [2.45, 2.75) is 51.7 Å². The van der Waals surface area contributed by atoms with Crippen LogP contribution in [0.2, 0.25) is 18.1 Å². The average molecular weight is 254 g/mol. The molecule has 0 fully saturated rings. The lowest BCUT2D eigenvalue weighted by atomic mass is 10.2. The van der Waals surface area contributed by atoms with Crippen LogP contribution in [0.15, 0.2) is 12.3 Å². The van der Waals surface area contributed by atoms with E-state index in [9.17, 15) is 0 Å². The lowest BCUT2D eigenvalue weighted by Gasteiger charge is -2.36. The molecule has 17 heavy (non-hydrogen) atoms. The molecule has 0 radical (unpaired) electrons. The van der Waals surface area contributed by atoms with Gasteiger partial charge in [-0.1, -0.05) is 20.8 Å². The lowest BCUT2D eigenvalue weighted by Crippen LogP contribution is -2.41. The van der Waals surface area contributed by atoms with Crippen LogP contribution in [0.5, 0.6) is 0 Å². The molecule has 0 amide bonds. The van der Waals surface area contributed by atoms with Gasteiger partial charge in [-0.15, -0.1) is 0 Å². The summed E-state index contributed by atoms with van der Waals surface area (Å²) in [6, 6.07) is 2.08. The van der Waals surface area contributed by atoms with Crippen LogP contribution in [-0.2, 0) is 17.9 Å². The first-order chi connectivity index (χ1) is 7.74. The smallest absolute Gasteiger partial charge is 0.191 e. The maximum atomic E-state index is 6.14. The predicted octanol–water partition coefficient (Wildman–Crippen LogP) is 3.37. The second kappa shape index (κ2) is 5.36. The first-order valence-electron chi connectivity index (χ1n) is 6.35. The third-order valence-electron chi connectivity index (χ3n) is 3.77. The lowest BCUT2D eigenvalue weighted by molar-refractivity contribution is 0.281. The highest BCUT2D eigenvalue weighted by Gasteiger charge is 2.36. The summed E-state index contributed by atoms with van der Waals surface area (Å²) < 4.78 is 8.08. The molecule has 1 aromatic heterocycles. The van der Waals surface area contributed by atoms with Crippen LogP contribution >= 0.6 is 0 Å². The Morgan fingerprint density at radius 3 is 2.47 bits per heavy atom. The number of hydrogen-bond acceptors (Lipinski definition) is 2. The summed E-state index contributed by atoms with van der Waals surface area (Å²) in [7, 11) is 0.427. The fraction of sp³-hybridized carbons (Fsp3) is 0.769. The second-order valence-corrected chi connectivity index (χ2v) is 11.0. The number of aryl methyl sites for hydroxylation is 2. The van der Waals surface area contributed by atoms with Gasteiger partial charge in [-0.2, -0.15) is 5.10 Å². The van der Waals surface area contributed by atoms with Gasteiger partial charge in [0.2, 0.25) is 0 Å². The fourth-order valence-electron chi connectivity index (χ4n) is 1.44. The Hall–Kier alpha value is -0.613. The third kappa shape index (κ3) is 3.96. The average Bonchev–Trinajstić information content (AvgIpc) is 2.57. The van der Waals surface area contributed by atoms with Gasteiger partial charge in [0.15, 0.2) is 8.32 Å². The quantitative estimate of drug-likeness (QED) is 0.595. The zero-order valence-electron chi connectivity index (χ0n) is 12.1. The summed E-state index contributed by atoms with van der Waals surface area (Å²) in [4.78, 5) is 0. The third-order valence-corrected chi connectivity index (χ3v) is 8.31. The van der Waals surface area contributed by atoms with Crippen molar-refractivity contribution < 1.29 is 4.43 Å². The van der Waals surface area contributed by atoms with Gasteiger partial charge in [0.25, 0.3) is 0 Å². The Bertz CT molecular complexity index is 353. The molecule has 0 aliphatic heterocycles. The molecule has 0 aromatic carbocycles. The molecule has 1 heterocycles. The van der Waals surface area contributed by atoms with Gasteiger partial charge in [-0.3, -0.25) is 4.68 Å². The van der Waals surface area contributed by atoms with E-state index in [-0.39, 0.29) is 0 Å². The van der Waals surface area contributed by atoms with E-state index in [0.29, 0.717) is 5.04 Å². The van der Waals surface area contributed by atoms with Gasteiger partial charge in [0, 0.05) is 25.5 Å². The standard InChI is InChI=1S/C13H26N2OSi/c1-13(2,3)17(5,6)16-11-7-8-12-9-10-14-15(12)4/h9-10H,7-8,11H2,1-6H3. The van der Waals surface area contributed by atoms with Crippen molar-refractivity contribution >= 4 is 8.32 Å². The molecule has 4 heteroatoms. The van der Waals surface area contributed by atoms with E-state index in [1.54, 1.807) is 0 Å². The summed E-state index contributed by atoms with van der Waals surface area (Å²) in [5.41, 5.74) is 1.28. The van der Waals surface area contributed by atoms with Gasteiger partial charge < -0.3 is 4.43 Å². The summed E-state index contributed by atoms with van der Waals surface area (Å²) in [5, 5.41) is 4.47. The molecule has 0 saturated carbocycles. The van der Waals surface area contributed by atoms with Crippen LogP contribution in [0.25, 0.3) is 0 Å². The Kier molecular flexibility index (Phi) is 4.55. The van der Waals surface area contributed by atoms with E-state index in [1.807, 2.05) is 17.9 Å². The maximum Gasteiger partial charge on any atom is 0.191 e. The van der Waals surface area contributed by atoms with E-state index >= 15 is 0 Å². The van der Waals surface area contributed by atoms with Crippen molar-refractivity contribution in [2.24, 2.45) is 7.05 Å². The molecule has 0 N–H and O–H groups in total. The van der Waals surface area contributed by atoms with Crippen molar-refractivity contribution in [1.29, 1.82) is 0 Å². The van der Waals surface area contributed by atoms with Crippen molar-refractivity contribution in [2.75, 3.05) is 6.61 Å². The molecule has 0 aliphatic rings. The minimum Gasteiger partial charge on any atom is -0.417 e.